The Morgan fingerprint density at radius 3 is 2.56 bits per heavy atom. The standard InChI is InChI=1S/C14H17NS/c1-10-6-7-11(2)12(9-10)14(3,15)13-5-4-8-16-13/h4-9H,15H2,1-3H3. The van der Waals surface area contributed by atoms with Crippen molar-refractivity contribution in [1.82, 2.24) is 0 Å². The summed E-state index contributed by atoms with van der Waals surface area (Å²) >= 11 is 1.71. The molecule has 0 amide bonds. The van der Waals surface area contributed by atoms with Gasteiger partial charge in [-0.05, 0) is 43.3 Å². The van der Waals surface area contributed by atoms with Crippen molar-refractivity contribution in [3.05, 3.63) is 57.3 Å². The molecule has 0 fully saturated rings. The van der Waals surface area contributed by atoms with Crippen molar-refractivity contribution in [2.45, 2.75) is 26.3 Å². The van der Waals surface area contributed by atoms with E-state index in [2.05, 4.69) is 56.5 Å². The molecule has 2 N–H and O–H groups in total. The van der Waals surface area contributed by atoms with Crippen LogP contribution in [0.3, 0.4) is 0 Å². The summed E-state index contributed by atoms with van der Waals surface area (Å²) in [6.45, 7) is 6.31. The van der Waals surface area contributed by atoms with Crippen LogP contribution < -0.4 is 5.73 Å². The van der Waals surface area contributed by atoms with Crippen molar-refractivity contribution >= 4 is 11.3 Å². The molecule has 2 rings (SSSR count). The fraction of sp³-hybridized carbons (Fsp3) is 0.286. The van der Waals surface area contributed by atoms with Crippen LogP contribution in [0.4, 0.5) is 0 Å². The predicted octanol–water partition coefficient (Wildman–Crippen LogP) is 3.59. The minimum atomic E-state index is -0.385. The molecular formula is C14H17NS. The fourth-order valence-corrected chi connectivity index (χ4v) is 2.82. The lowest BCUT2D eigenvalue weighted by Crippen LogP contribution is -2.34. The van der Waals surface area contributed by atoms with Crippen molar-refractivity contribution in [3.63, 3.8) is 0 Å². The first-order chi connectivity index (χ1) is 7.51. The van der Waals surface area contributed by atoms with Crippen molar-refractivity contribution in [2.75, 3.05) is 0 Å². The van der Waals surface area contributed by atoms with E-state index in [1.165, 1.54) is 21.6 Å². The fourth-order valence-electron chi connectivity index (χ4n) is 2.00. The van der Waals surface area contributed by atoms with E-state index in [-0.39, 0.29) is 5.54 Å². The van der Waals surface area contributed by atoms with E-state index in [0.29, 0.717) is 0 Å². The van der Waals surface area contributed by atoms with Crippen LogP contribution in [0, 0.1) is 13.8 Å². The Kier molecular flexibility index (Phi) is 2.87. The minimum absolute atomic E-state index is 0.385. The Bertz CT molecular complexity index is 483. The summed E-state index contributed by atoms with van der Waals surface area (Å²) in [6, 6.07) is 10.6. The predicted molar refractivity (Wildman–Crippen MR) is 70.9 cm³/mol. The zero-order valence-corrected chi connectivity index (χ0v) is 10.8. The number of hydrogen-bond acceptors (Lipinski definition) is 2. The van der Waals surface area contributed by atoms with Gasteiger partial charge in [-0.15, -0.1) is 11.3 Å². The molecule has 0 radical (unpaired) electrons. The van der Waals surface area contributed by atoms with E-state index in [1.54, 1.807) is 11.3 Å². The summed E-state index contributed by atoms with van der Waals surface area (Å²) in [5.74, 6) is 0. The SMILES string of the molecule is Cc1ccc(C)c(C(C)(N)c2cccs2)c1. The number of thiophene rings is 1. The number of nitrogens with two attached hydrogens (primary N) is 1. The molecule has 2 heteroatoms. The van der Waals surface area contributed by atoms with Gasteiger partial charge in [0.15, 0.2) is 0 Å². The minimum Gasteiger partial charge on any atom is -0.317 e. The highest BCUT2D eigenvalue weighted by Crippen LogP contribution is 2.32. The average molecular weight is 231 g/mol. The first-order valence-corrected chi connectivity index (χ1v) is 6.30. The molecule has 1 aromatic heterocycles. The van der Waals surface area contributed by atoms with Crippen molar-refractivity contribution < 1.29 is 0 Å². The molecule has 1 atom stereocenters. The molecule has 0 saturated carbocycles. The molecule has 1 heterocycles. The number of aryl methyl sites for hydroxylation is 2. The maximum absolute atomic E-state index is 6.48. The van der Waals surface area contributed by atoms with Crippen LogP contribution in [0.5, 0.6) is 0 Å². The molecule has 1 unspecified atom stereocenters. The van der Waals surface area contributed by atoms with Gasteiger partial charge in [0.2, 0.25) is 0 Å². The smallest absolute Gasteiger partial charge is 0.0733 e. The molecule has 0 spiro atoms. The molecule has 0 aliphatic rings. The second-order valence-electron chi connectivity index (χ2n) is 4.50. The zero-order valence-electron chi connectivity index (χ0n) is 9.95. The van der Waals surface area contributed by atoms with E-state index in [0.717, 1.165) is 0 Å². The zero-order chi connectivity index (χ0) is 11.8. The van der Waals surface area contributed by atoms with Crippen molar-refractivity contribution in [1.29, 1.82) is 0 Å². The third-order valence-electron chi connectivity index (χ3n) is 2.99. The average Bonchev–Trinajstić information content (AvgIpc) is 2.75. The van der Waals surface area contributed by atoms with Crippen molar-refractivity contribution in [2.24, 2.45) is 5.73 Å². The van der Waals surface area contributed by atoms with Gasteiger partial charge in [0.25, 0.3) is 0 Å². The second kappa shape index (κ2) is 4.04. The number of rotatable bonds is 2. The van der Waals surface area contributed by atoms with Gasteiger partial charge >= 0.3 is 0 Å². The lowest BCUT2D eigenvalue weighted by Gasteiger charge is -2.26. The van der Waals surface area contributed by atoms with Crippen LogP contribution in [0.1, 0.15) is 28.5 Å². The maximum Gasteiger partial charge on any atom is 0.0733 e. The van der Waals surface area contributed by atoms with E-state index in [1.807, 2.05) is 0 Å². The van der Waals surface area contributed by atoms with Crippen LogP contribution >= 0.6 is 11.3 Å². The summed E-state index contributed by atoms with van der Waals surface area (Å²) in [6.07, 6.45) is 0. The van der Waals surface area contributed by atoms with E-state index in [4.69, 9.17) is 5.73 Å². The van der Waals surface area contributed by atoms with Gasteiger partial charge < -0.3 is 5.73 Å². The summed E-state index contributed by atoms with van der Waals surface area (Å²) < 4.78 is 0. The summed E-state index contributed by atoms with van der Waals surface area (Å²) in [4.78, 5) is 1.21. The van der Waals surface area contributed by atoms with Gasteiger partial charge in [0.1, 0.15) is 0 Å². The first kappa shape index (κ1) is 11.4. The van der Waals surface area contributed by atoms with Crippen LogP contribution in [0.25, 0.3) is 0 Å². The summed E-state index contributed by atoms with van der Waals surface area (Å²) in [5.41, 5.74) is 9.83. The Morgan fingerprint density at radius 1 is 1.19 bits per heavy atom. The molecule has 84 valence electrons. The van der Waals surface area contributed by atoms with Gasteiger partial charge in [0, 0.05) is 4.88 Å². The molecule has 0 saturated heterocycles. The van der Waals surface area contributed by atoms with Crippen LogP contribution in [0.2, 0.25) is 0 Å². The molecule has 1 aromatic carbocycles. The monoisotopic (exact) mass is 231 g/mol. The largest absolute Gasteiger partial charge is 0.317 e. The molecule has 1 nitrogen and oxygen atoms in total. The third-order valence-corrected chi connectivity index (χ3v) is 4.09. The molecular weight excluding hydrogens is 214 g/mol. The van der Waals surface area contributed by atoms with Crippen molar-refractivity contribution in [3.8, 4) is 0 Å². The second-order valence-corrected chi connectivity index (χ2v) is 5.45. The van der Waals surface area contributed by atoms with Gasteiger partial charge in [-0.1, -0.05) is 29.8 Å². The highest BCUT2D eigenvalue weighted by molar-refractivity contribution is 7.10. The Balaban J connectivity index is 2.55. The van der Waals surface area contributed by atoms with Crippen LogP contribution in [-0.4, -0.2) is 0 Å². The van der Waals surface area contributed by atoms with Crippen LogP contribution in [0.15, 0.2) is 35.7 Å². The highest BCUT2D eigenvalue weighted by Gasteiger charge is 2.26. The lowest BCUT2D eigenvalue weighted by atomic mass is 9.87. The number of hydrogen-bond donors (Lipinski definition) is 1. The van der Waals surface area contributed by atoms with E-state index >= 15 is 0 Å². The van der Waals surface area contributed by atoms with Crippen LogP contribution in [-0.2, 0) is 5.54 Å². The Labute approximate surface area is 101 Å². The van der Waals surface area contributed by atoms with Gasteiger partial charge in [-0.25, -0.2) is 0 Å². The molecule has 0 aliphatic heterocycles. The summed E-state index contributed by atoms with van der Waals surface area (Å²) in [7, 11) is 0. The summed E-state index contributed by atoms with van der Waals surface area (Å²) in [5, 5.41) is 2.07. The first-order valence-electron chi connectivity index (χ1n) is 5.42. The topological polar surface area (TPSA) is 26.0 Å². The third kappa shape index (κ3) is 1.91. The normalized spacial score (nSPS) is 14.8. The molecule has 16 heavy (non-hydrogen) atoms. The maximum atomic E-state index is 6.48. The van der Waals surface area contributed by atoms with E-state index < -0.39 is 0 Å². The Morgan fingerprint density at radius 2 is 1.94 bits per heavy atom. The number of benzene rings is 1. The molecule has 0 aliphatic carbocycles. The Hall–Kier alpha value is -1.12. The quantitative estimate of drug-likeness (QED) is 0.840. The van der Waals surface area contributed by atoms with Gasteiger partial charge in [-0.3, -0.25) is 0 Å². The van der Waals surface area contributed by atoms with E-state index in [9.17, 15) is 0 Å². The van der Waals surface area contributed by atoms with Gasteiger partial charge in [-0.2, -0.15) is 0 Å². The highest BCUT2D eigenvalue weighted by atomic mass is 32.1. The van der Waals surface area contributed by atoms with Gasteiger partial charge in [0.05, 0.1) is 5.54 Å². The molecule has 2 aromatic rings. The lowest BCUT2D eigenvalue weighted by molar-refractivity contribution is 0.612. The molecule has 0 bridgehead atoms.